The number of aromatic nitrogens is 3. The summed E-state index contributed by atoms with van der Waals surface area (Å²) in [4.78, 5) is 41.3. The Morgan fingerprint density at radius 3 is 2.80 bits per heavy atom. The zero-order valence-electron chi connectivity index (χ0n) is 17.0. The average Bonchev–Trinajstić information content (AvgIpc) is 3.14. The van der Waals surface area contributed by atoms with Crippen LogP contribution in [0.25, 0.3) is 4.96 Å². The van der Waals surface area contributed by atoms with Gasteiger partial charge in [0.05, 0.1) is 11.3 Å². The lowest BCUT2D eigenvalue weighted by atomic mass is 10.2. The molecule has 0 fully saturated rings. The van der Waals surface area contributed by atoms with Crippen LogP contribution in [0.15, 0.2) is 35.1 Å². The van der Waals surface area contributed by atoms with Crippen molar-refractivity contribution in [3.63, 3.8) is 0 Å². The van der Waals surface area contributed by atoms with Gasteiger partial charge in [-0.25, -0.2) is 9.78 Å². The van der Waals surface area contributed by atoms with E-state index < -0.39 is 5.97 Å². The molecule has 1 aromatic carbocycles. The van der Waals surface area contributed by atoms with E-state index in [1.165, 1.54) is 21.9 Å². The molecule has 30 heavy (non-hydrogen) atoms. The van der Waals surface area contributed by atoms with Crippen molar-refractivity contribution >= 4 is 33.9 Å². The van der Waals surface area contributed by atoms with E-state index >= 15 is 0 Å². The van der Waals surface area contributed by atoms with Crippen LogP contribution >= 0.6 is 11.3 Å². The van der Waals surface area contributed by atoms with Gasteiger partial charge in [0.2, 0.25) is 10.9 Å². The maximum absolute atomic E-state index is 12.4. The molecule has 0 saturated heterocycles. The van der Waals surface area contributed by atoms with Crippen LogP contribution in [0.4, 0.5) is 5.69 Å². The van der Waals surface area contributed by atoms with Gasteiger partial charge in [0.1, 0.15) is 11.6 Å². The zero-order valence-corrected chi connectivity index (χ0v) is 17.8. The smallest absolute Gasteiger partial charge is 0.338 e. The number of nitrogens with one attached hydrogen (secondary N) is 1. The molecule has 0 saturated carbocycles. The summed E-state index contributed by atoms with van der Waals surface area (Å²) >= 11 is 1.37. The van der Waals surface area contributed by atoms with Gasteiger partial charge in [-0.2, -0.15) is 9.61 Å². The molecule has 0 aliphatic rings. The molecule has 3 aromatic rings. The minimum Gasteiger partial charge on any atom is -0.456 e. The molecule has 0 atom stereocenters. The number of rotatable bonds is 9. The number of hydrogen-bond acceptors (Lipinski definition) is 7. The molecule has 158 valence electrons. The predicted octanol–water partition coefficient (Wildman–Crippen LogP) is 3.59. The van der Waals surface area contributed by atoms with Gasteiger partial charge in [0.25, 0.3) is 5.56 Å². The number of ether oxygens (including phenoxy) is 1. The lowest BCUT2D eigenvalue weighted by Gasteiger charge is -2.07. The summed E-state index contributed by atoms with van der Waals surface area (Å²) < 4.78 is 6.60. The topological polar surface area (TPSA) is 103 Å². The lowest BCUT2D eigenvalue weighted by molar-refractivity contribution is -0.116. The van der Waals surface area contributed by atoms with Crippen LogP contribution in [0.1, 0.15) is 60.6 Å². The molecule has 0 unspecified atom stereocenters. The van der Waals surface area contributed by atoms with Crippen LogP contribution in [-0.4, -0.2) is 26.5 Å². The maximum Gasteiger partial charge on any atom is 0.338 e. The van der Waals surface area contributed by atoms with Crippen molar-refractivity contribution in [3.05, 3.63) is 57.0 Å². The Kier molecular flexibility index (Phi) is 7.29. The fourth-order valence-electron chi connectivity index (χ4n) is 2.80. The number of fused-ring (bicyclic) bond motifs is 1. The molecular weight excluding hydrogens is 404 g/mol. The highest BCUT2D eigenvalue weighted by Crippen LogP contribution is 2.15. The van der Waals surface area contributed by atoms with Crippen molar-refractivity contribution < 1.29 is 14.3 Å². The summed E-state index contributed by atoms with van der Waals surface area (Å²) in [6, 6.07) is 7.87. The van der Waals surface area contributed by atoms with Gasteiger partial charge in [-0.3, -0.25) is 9.59 Å². The predicted molar refractivity (Wildman–Crippen MR) is 115 cm³/mol. The highest BCUT2D eigenvalue weighted by atomic mass is 32.1. The molecule has 0 aliphatic carbocycles. The van der Waals surface area contributed by atoms with Gasteiger partial charge in [-0.1, -0.05) is 37.7 Å². The molecule has 0 radical (unpaired) electrons. The highest BCUT2D eigenvalue weighted by Gasteiger charge is 2.13. The van der Waals surface area contributed by atoms with Crippen LogP contribution in [0.2, 0.25) is 0 Å². The Balaban J connectivity index is 1.67. The quantitative estimate of drug-likeness (QED) is 0.523. The van der Waals surface area contributed by atoms with Crippen molar-refractivity contribution in [1.29, 1.82) is 0 Å². The van der Waals surface area contributed by atoms with E-state index in [0.29, 0.717) is 28.3 Å². The molecule has 8 nitrogen and oxygen atoms in total. The fraction of sp³-hybridized carbons (Fsp3) is 0.381. The molecule has 1 amide bonds. The van der Waals surface area contributed by atoms with Crippen molar-refractivity contribution in [1.82, 2.24) is 14.6 Å². The third-order valence-corrected chi connectivity index (χ3v) is 5.26. The Hall–Kier alpha value is -3.07. The summed E-state index contributed by atoms with van der Waals surface area (Å²) in [7, 11) is 0. The van der Waals surface area contributed by atoms with Gasteiger partial charge in [-0.15, -0.1) is 0 Å². The van der Waals surface area contributed by atoms with E-state index in [1.54, 1.807) is 24.3 Å². The van der Waals surface area contributed by atoms with Crippen molar-refractivity contribution in [3.8, 4) is 0 Å². The van der Waals surface area contributed by atoms with Gasteiger partial charge in [-0.05, 0) is 31.0 Å². The van der Waals surface area contributed by atoms with Gasteiger partial charge >= 0.3 is 5.97 Å². The van der Waals surface area contributed by atoms with Crippen molar-refractivity contribution in [2.24, 2.45) is 0 Å². The minimum absolute atomic E-state index is 0.108. The summed E-state index contributed by atoms with van der Waals surface area (Å²) in [5.74, 6) is -0.666. The number of aryl methyl sites for hydroxylation is 1. The lowest BCUT2D eigenvalue weighted by Crippen LogP contribution is -2.17. The van der Waals surface area contributed by atoms with Crippen LogP contribution in [0.3, 0.4) is 0 Å². The Morgan fingerprint density at radius 1 is 1.20 bits per heavy atom. The number of anilines is 1. The van der Waals surface area contributed by atoms with E-state index in [0.717, 1.165) is 30.7 Å². The summed E-state index contributed by atoms with van der Waals surface area (Å²) in [6.45, 7) is 3.89. The molecule has 3 rings (SSSR count). The number of carbonyl (C=O) groups excluding carboxylic acids is 2. The molecular formula is C21H24N4O4S. The van der Waals surface area contributed by atoms with Crippen molar-refractivity contribution in [2.45, 2.75) is 52.6 Å². The first-order chi connectivity index (χ1) is 14.5. The molecule has 0 aliphatic heterocycles. The Bertz CT molecular complexity index is 1110. The second-order valence-corrected chi connectivity index (χ2v) is 7.88. The first-order valence-corrected chi connectivity index (χ1v) is 10.8. The first-order valence-electron chi connectivity index (χ1n) is 9.96. The van der Waals surface area contributed by atoms with E-state index in [1.807, 2.05) is 6.92 Å². The van der Waals surface area contributed by atoms with Crippen LogP contribution in [-0.2, 0) is 22.6 Å². The summed E-state index contributed by atoms with van der Waals surface area (Å²) in [6.07, 6.45) is 4.00. The minimum atomic E-state index is -0.559. The highest BCUT2D eigenvalue weighted by molar-refractivity contribution is 7.16. The van der Waals surface area contributed by atoms with E-state index in [-0.39, 0.29) is 18.1 Å². The Morgan fingerprint density at radius 2 is 2.03 bits per heavy atom. The first kappa shape index (κ1) is 21.6. The number of hydrogen-bond donors (Lipinski definition) is 1. The molecule has 2 heterocycles. The van der Waals surface area contributed by atoms with Gasteiger partial charge in [0, 0.05) is 24.6 Å². The average molecular weight is 429 g/mol. The van der Waals surface area contributed by atoms with Crippen molar-refractivity contribution in [2.75, 3.05) is 5.32 Å². The third-order valence-electron chi connectivity index (χ3n) is 4.29. The van der Waals surface area contributed by atoms with Gasteiger partial charge < -0.3 is 10.1 Å². The van der Waals surface area contributed by atoms with E-state index in [4.69, 9.17) is 4.74 Å². The second kappa shape index (κ2) is 10.1. The second-order valence-electron chi connectivity index (χ2n) is 6.83. The molecule has 0 spiro atoms. The number of benzene rings is 1. The Labute approximate surface area is 177 Å². The van der Waals surface area contributed by atoms with Crippen LogP contribution < -0.4 is 10.9 Å². The normalized spacial score (nSPS) is 10.9. The third kappa shape index (κ3) is 5.50. The molecule has 1 N–H and O–H groups in total. The standard InChI is InChI=1S/C21H24N4O4S/c1-3-5-10-18-24-25-19(27)12-16(23-21(25)30-18)13-29-20(28)14-8-6-9-15(11-14)22-17(26)7-4-2/h6,8-9,11-12H,3-5,7,10,13H2,1-2H3,(H,22,26). The number of amides is 1. The molecule has 2 aromatic heterocycles. The SMILES string of the molecule is CCCCc1nn2c(=O)cc(COC(=O)c3cccc(NC(=O)CCC)c3)nc2s1. The number of carbonyl (C=O) groups is 2. The largest absolute Gasteiger partial charge is 0.456 e. The summed E-state index contributed by atoms with van der Waals surface area (Å²) in [5, 5.41) is 7.90. The fourth-order valence-corrected chi connectivity index (χ4v) is 3.76. The van der Waals surface area contributed by atoms with Crippen LogP contribution in [0, 0.1) is 0 Å². The summed E-state index contributed by atoms with van der Waals surface area (Å²) in [5.41, 5.74) is 0.906. The molecule has 9 heteroatoms. The van der Waals surface area contributed by atoms with Crippen LogP contribution in [0.5, 0.6) is 0 Å². The maximum atomic E-state index is 12.4. The monoisotopic (exact) mass is 428 g/mol. The molecule has 0 bridgehead atoms. The number of esters is 1. The van der Waals surface area contributed by atoms with E-state index in [2.05, 4.69) is 22.3 Å². The number of nitrogens with zero attached hydrogens (tertiary/aromatic N) is 3. The van der Waals surface area contributed by atoms with E-state index in [9.17, 15) is 14.4 Å². The number of unbranched alkanes of at least 4 members (excludes halogenated alkanes) is 1. The zero-order chi connectivity index (χ0) is 21.5. The van der Waals surface area contributed by atoms with Gasteiger partial charge in [0.15, 0.2) is 0 Å².